The second-order valence-electron chi connectivity index (χ2n) is 5.91. The number of methoxy groups -OCH3 is 1. The molecule has 3 rings (SSSR count). The molecule has 7 heteroatoms. The highest BCUT2D eigenvalue weighted by molar-refractivity contribution is 8.00. The predicted molar refractivity (Wildman–Crippen MR) is 102 cm³/mol. The molecule has 1 N–H and O–H groups in total. The first-order valence-electron chi connectivity index (χ1n) is 8.59. The second-order valence-corrected chi connectivity index (χ2v) is 6.95. The summed E-state index contributed by atoms with van der Waals surface area (Å²) in [5.74, 6) is 1.11. The van der Waals surface area contributed by atoms with Crippen LogP contribution in [-0.4, -0.2) is 38.0 Å². The highest BCUT2D eigenvalue weighted by Crippen LogP contribution is 2.34. The number of amides is 1. The minimum Gasteiger partial charge on any atom is -0.486 e. The van der Waals surface area contributed by atoms with E-state index in [4.69, 9.17) is 14.2 Å². The summed E-state index contributed by atoms with van der Waals surface area (Å²) in [6, 6.07) is 14.6. The molecule has 1 unspecified atom stereocenters. The Labute approximate surface area is 162 Å². The van der Waals surface area contributed by atoms with Crippen LogP contribution in [0.5, 0.6) is 11.5 Å². The summed E-state index contributed by atoms with van der Waals surface area (Å²) in [7, 11) is 1.34. The number of carbonyl (C=O) groups excluding carboxylic acids is 2. The van der Waals surface area contributed by atoms with Gasteiger partial charge in [0.25, 0.3) is 0 Å². The van der Waals surface area contributed by atoms with E-state index in [0.717, 1.165) is 16.2 Å². The molecule has 0 aromatic heterocycles. The maximum absolute atomic E-state index is 12.4. The molecular formula is C20H21NO5S. The third-order valence-electron chi connectivity index (χ3n) is 4.02. The van der Waals surface area contributed by atoms with Gasteiger partial charge in [-0.15, -0.1) is 11.8 Å². The van der Waals surface area contributed by atoms with Gasteiger partial charge in [0.15, 0.2) is 11.5 Å². The zero-order valence-electron chi connectivity index (χ0n) is 15.0. The summed E-state index contributed by atoms with van der Waals surface area (Å²) < 4.78 is 15.8. The monoisotopic (exact) mass is 387 g/mol. The van der Waals surface area contributed by atoms with Crippen LogP contribution >= 0.6 is 11.8 Å². The molecule has 0 saturated heterocycles. The summed E-state index contributed by atoms with van der Waals surface area (Å²) in [6.45, 7) is 1.07. The van der Waals surface area contributed by atoms with Crippen LogP contribution in [0.3, 0.4) is 0 Å². The predicted octanol–water partition coefficient (Wildman–Crippen LogP) is 2.97. The lowest BCUT2D eigenvalue weighted by atomic mass is 10.0. The molecule has 27 heavy (non-hydrogen) atoms. The SMILES string of the molecule is COC(=O)CC(NC(=O)CSc1ccc2c(c1)OCCO2)c1ccccc1. The first-order chi connectivity index (χ1) is 13.2. The number of fused-ring (bicyclic) bond motifs is 1. The van der Waals surface area contributed by atoms with Crippen LogP contribution in [0.25, 0.3) is 0 Å². The standard InChI is InChI=1S/C20H21NO5S/c1-24-20(23)12-16(14-5-3-2-4-6-14)21-19(22)13-27-15-7-8-17-18(11-15)26-10-9-25-17/h2-8,11,16H,9-10,12-13H2,1H3,(H,21,22). The van der Waals surface area contributed by atoms with Crippen LogP contribution in [0.15, 0.2) is 53.4 Å². The van der Waals surface area contributed by atoms with Crippen molar-refractivity contribution in [2.24, 2.45) is 0 Å². The molecule has 142 valence electrons. The van der Waals surface area contributed by atoms with Crippen molar-refractivity contribution in [2.75, 3.05) is 26.1 Å². The summed E-state index contributed by atoms with van der Waals surface area (Å²) in [5, 5.41) is 2.91. The maximum Gasteiger partial charge on any atom is 0.307 e. The van der Waals surface area contributed by atoms with Gasteiger partial charge < -0.3 is 19.5 Å². The van der Waals surface area contributed by atoms with Crippen molar-refractivity contribution in [3.05, 3.63) is 54.1 Å². The Kier molecular flexibility index (Phi) is 6.59. The lowest BCUT2D eigenvalue weighted by molar-refractivity contribution is -0.141. The quantitative estimate of drug-likeness (QED) is 0.582. The van der Waals surface area contributed by atoms with E-state index < -0.39 is 6.04 Å². The Balaban J connectivity index is 1.59. The topological polar surface area (TPSA) is 73.9 Å². The van der Waals surface area contributed by atoms with E-state index in [1.807, 2.05) is 48.5 Å². The van der Waals surface area contributed by atoms with Crippen molar-refractivity contribution in [3.8, 4) is 11.5 Å². The van der Waals surface area contributed by atoms with Crippen molar-refractivity contribution in [3.63, 3.8) is 0 Å². The largest absolute Gasteiger partial charge is 0.486 e. The maximum atomic E-state index is 12.4. The third-order valence-corrected chi connectivity index (χ3v) is 5.01. The molecular weight excluding hydrogens is 366 g/mol. The van der Waals surface area contributed by atoms with Crippen LogP contribution in [0.1, 0.15) is 18.0 Å². The van der Waals surface area contributed by atoms with Gasteiger partial charge in [-0.05, 0) is 23.8 Å². The van der Waals surface area contributed by atoms with Gasteiger partial charge in [-0.1, -0.05) is 30.3 Å². The molecule has 6 nitrogen and oxygen atoms in total. The fraction of sp³-hybridized carbons (Fsp3) is 0.300. The number of hydrogen-bond acceptors (Lipinski definition) is 6. The smallest absolute Gasteiger partial charge is 0.307 e. The van der Waals surface area contributed by atoms with E-state index in [1.54, 1.807) is 0 Å². The van der Waals surface area contributed by atoms with Gasteiger partial charge in [0.1, 0.15) is 13.2 Å². The molecule has 0 bridgehead atoms. The number of carbonyl (C=O) groups is 2. The zero-order valence-corrected chi connectivity index (χ0v) is 15.8. The minimum atomic E-state index is -0.424. The molecule has 1 amide bonds. The van der Waals surface area contributed by atoms with Crippen molar-refractivity contribution >= 4 is 23.6 Å². The number of rotatable bonds is 7. The van der Waals surface area contributed by atoms with E-state index in [1.165, 1.54) is 18.9 Å². The molecule has 0 fully saturated rings. The second kappa shape index (κ2) is 9.32. The Bertz CT molecular complexity index is 796. The number of ether oxygens (including phenoxy) is 3. The molecule has 0 aliphatic carbocycles. The van der Waals surface area contributed by atoms with E-state index in [9.17, 15) is 9.59 Å². The van der Waals surface area contributed by atoms with Crippen LogP contribution in [0.4, 0.5) is 0 Å². The average molecular weight is 387 g/mol. The van der Waals surface area contributed by atoms with Crippen molar-refractivity contribution in [1.29, 1.82) is 0 Å². The van der Waals surface area contributed by atoms with Gasteiger partial charge in [0.2, 0.25) is 5.91 Å². The zero-order chi connectivity index (χ0) is 19.1. The van der Waals surface area contributed by atoms with Crippen molar-refractivity contribution in [2.45, 2.75) is 17.4 Å². The van der Waals surface area contributed by atoms with Gasteiger partial charge in [-0.3, -0.25) is 9.59 Å². The Morgan fingerprint density at radius 2 is 1.85 bits per heavy atom. The number of thioether (sulfide) groups is 1. The number of hydrogen-bond donors (Lipinski definition) is 1. The van der Waals surface area contributed by atoms with Gasteiger partial charge in [-0.25, -0.2) is 0 Å². The molecule has 2 aromatic carbocycles. The fourth-order valence-electron chi connectivity index (χ4n) is 2.69. The lowest BCUT2D eigenvalue weighted by Gasteiger charge is -2.19. The van der Waals surface area contributed by atoms with Gasteiger partial charge in [0, 0.05) is 4.90 Å². The number of esters is 1. The first-order valence-corrected chi connectivity index (χ1v) is 9.58. The normalized spacial score (nSPS) is 13.5. The summed E-state index contributed by atoms with van der Waals surface area (Å²) in [6.07, 6.45) is 0.0843. The molecule has 0 radical (unpaired) electrons. The Hall–Kier alpha value is -2.67. The summed E-state index contributed by atoms with van der Waals surface area (Å²) in [5.41, 5.74) is 0.862. The van der Waals surface area contributed by atoms with Crippen LogP contribution in [0, 0.1) is 0 Å². The van der Waals surface area contributed by atoms with Crippen molar-refractivity contribution in [1.82, 2.24) is 5.32 Å². The molecule has 0 spiro atoms. The first kappa shape index (κ1) is 19.1. The molecule has 1 heterocycles. The lowest BCUT2D eigenvalue weighted by Crippen LogP contribution is -2.31. The van der Waals surface area contributed by atoms with E-state index in [-0.39, 0.29) is 24.1 Å². The van der Waals surface area contributed by atoms with E-state index in [0.29, 0.717) is 19.0 Å². The van der Waals surface area contributed by atoms with Gasteiger partial charge in [-0.2, -0.15) is 0 Å². The molecule has 1 atom stereocenters. The number of benzene rings is 2. The summed E-state index contributed by atoms with van der Waals surface area (Å²) >= 11 is 1.40. The van der Waals surface area contributed by atoms with Crippen molar-refractivity contribution < 1.29 is 23.8 Å². The van der Waals surface area contributed by atoms with Crippen LogP contribution < -0.4 is 14.8 Å². The minimum absolute atomic E-state index is 0.0843. The van der Waals surface area contributed by atoms with Crippen LogP contribution in [0.2, 0.25) is 0 Å². The fourth-order valence-corrected chi connectivity index (χ4v) is 3.42. The number of nitrogens with one attached hydrogen (secondary N) is 1. The molecule has 2 aromatic rings. The third kappa shape index (κ3) is 5.40. The highest BCUT2D eigenvalue weighted by Gasteiger charge is 2.19. The molecule has 1 aliphatic heterocycles. The average Bonchev–Trinajstić information content (AvgIpc) is 2.72. The van der Waals surface area contributed by atoms with E-state index in [2.05, 4.69) is 5.32 Å². The molecule has 1 aliphatic rings. The Morgan fingerprint density at radius 3 is 2.59 bits per heavy atom. The molecule has 0 saturated carbocycles. The Morgan fingerprint density at radius 1 is 1.11 bits per heavy atom. The summed E-state index contributed by atoms with van der Waals surface area (Å²) in [4.78, 5) is 25.0. The van der Waals surface area contributed by atoms with Gasteiger partial charge in [0.05, 0.1) is 25.3 Å². The van der Waals surface area contributed by atoms with Crippen LogP contribution in [-0.2, 0) is 14.3 Å². The van der Waals surface area contributed by atoms with Gasteiger partial charge >= 0.3 is 5.97 Å². The van der Waals surface area contributed by atoms with E-state index >= 15 is 0 Å². The highest BCUT2D eigenvalue weighted by atomic mass is 32.2.